The van der Waals surface area contributed by atoms with Crippen molar-refractivity contribution >= 4 is 0 Å². The van der Waals surface area contributed by atoms with Crippen LogP contribution in [0.3, 0.4) is 0 Å². The maximum absolute atomic E-state index is 2.52. The summed E-state index contributed by atoms with van der Waals surface area (Å²) in [5.41, 5.74) is 4.11. The van der Waals surface area contributed by atoms with Gasteiger partial charge < -0.3 is 0 Å². The maximum atomic E-state index is 2.52. The molecule has 0 N–H and O–H groups in total. The largest absolute Gasteiger partial charge is 0.0845 e. The van der Waals surface area contributed by atoms with Crippen LogP contribution in [0.2, 0.25) is 0 Å². The van der Waals surface area contributed by atoms with E-state index in [1.165, 1.54) is 12.8 Å². The molecule has 5 rings (SSSR count). The molecule has 0 heteroatoms. The van der Waals surface area contributed by atoms with Gasteiger partial charge in [0.05, 0.1) is 0 Å². The van der Waals surface area contributed by atoms with Crippen LogP contribution in [0.4, 0.5) is 0 Å². The molecule has 0 nitrogen and oxygen atoms in total. The quantitative estimate of drug-likeness (QED) is 0.555. The minimum Gasteiger partial charge on any atom is -0.0845 e. The smallest absolute Gasteiger partial charge is 0.00277 e. The van der Waals surface area contributed by atoms with Crippen molar-refractivity contribution in [2.45, 2.75) is 24.7 Å². The molecule has 5 unspecified atom stereocenters. The molecule has 4 aliphatic rings. The molecule has 1 aromatic rings. The van der Waals surface area contributed by atoms with E-state index in [0.29, 0.717) is 5.41 Å². The molecule has 4 aliphatic carbocycles. The first-order valence-corrected chi connectivity index (χ1v) is 6.18. The first-order valence-electron chi connectivity index (χ1n) is 6.18. The highest BCUT2D eigenvalue weighted by atomic mass is 14.8. The molecule has 0 radical (unpaired) electrons. The molecule has 2 saturated carbocycles. The van der Waals surface area contributed by atoms with Gasteiger partial charge in [0, 0.05) is 0 Å². The fraction of sp³-hybridized carbons (Fsp3) is 0.467. The van der Waals surface area contributed by atoms with Gasteiger partial charge in [-0.25, -0.2) is 0 Å². The molecule has 1 spiro atoms. The molecule has 15 heavy (non-hydrogen) atoms. The molecule has 0 aliphatic heterocycles. The van der Waals surface area contributed by atoms with Crippen molar-refractivity contribution in [2.24, 2.45) is 17.3 Å². The molecule has 0 heterocycles. The van der Waals surface area contributed by atoms with Crippen LogP contribution in [0.25, 0.3) is 0 Å². The van der Waals surface area contributed by atoms with Gasteiger partial charge in [0.1, 0.15) is 0 Å². The first-order chi connectivity index (χ1) is 7.41. The van der Waals surface area contributed by atoms with Gasteiger partial charge in [-0.1, -0.05) is 36.4 Å². The van der Waals surface area contributed by atoms with E-state index < -0.39 is 0 Å². The summed E-state index contributed by atoms with van der Waals surface area (Å²) in [4.78, 5) is 0. The zero-order valence-electron chi connectivity index (χ0n) is 8.69. The van der Waals surface area contributed by atoms with E-state index in [1.807, 2.05) is 0 Å². The lowest BCUT2D eigenvalue weighted by molar-refractivity contribution is 0.377. The summed E-state index contributed by atoms with van der Waals surface area (Å²) in [7, 11) is 0. The molecule has 0 amide bonds. The summed E-state index contributed by atoms with van der Waals surface area (Å²) in [6.07, 6.45) is 7.96. The highest BCUT2D eigenvalue weighted by Gasteiger charge is 2.73. The topological polar surface area (TPSA) is 0 Å². The van der Waals surface area contributed by atoms with E-state index in [2.05, 4.69) is 36.4 Å². The van der Waals surface area contributed by atoms with E-state index in [-0.39, 0.29) is 0 Å². The molecule has 74 valence electrons. The fourth-order valence-electron chi connectivity index (χ4n) is 5.08. The Morgan fingerprint density at radius 3 is 2.87 bits per heavy atom. The normalized spacial score (nSPS) is 51.5. The van der Waals surface area contributed by atoms with Crippen LogP contribution < -0.4 is 0 Å². The summed E-state index contributed by atoms with van der Waals surface area (Å²) in [6, 6.07) is 9.23. The van der Waals surface area contributed by atoms with Crippen molar-refractivity contribution in [2.75, 3.05) is 0 Å². The lowest BCUT2D eigenvalue weighted by Gasteiger charge is -2.25. The molecular formula is C15H14. The summed E-state index contributed by atoms with van der Waals surface area (Å²) >= 11 is 0. The first kappa shape index (κ1) is 7.27. The Balaban J connectivity index is 1.82. The van der Waals surface area contributed by atoms with Crippen molar-refractivity contribution in [1.82, 2.24) is 0 Å². The highest BCUT2D eigenvalue weighted by molar-refractivity contribution is 5.54. The minimum absolute atomic E-state index is 0.711. The van der Waals surface area contributed by atoms with Gasteiger partial charge in [-0.2, -0.15) is 0 Å². The Morgan fingerprint density at radius 1 is 1.07 bits per heavy atom. The summed E-state index contributed by atoms with van der Waals surface area (Å²) in [5.74, 6) is 3.63. The van der Waals surface area contributed by atoms with Crippen LogP contribution in [-0.4, -0.2) is 0 Å². The van der Waals surface area contributed by atoms with E-state index in [1.54, 1.807) is 11.1 Å². The maximum Gasteiger partial charge on any atom is -0.00277 e. The van der Waals surface area contributed by atoms with Gasteiger partial charge >= 0.3 is 0 Å². The zero-order chi connectivity index (χ0) is 9.62. The third kappa shape index (κ3) is 0.577. The summed E-state index contributed by atoms with van der Waals surface area (Å²) in [5, 5.41) is 0. The summed E-state index contributed by atoms with van der Waals surface area (Å²) < 4.78 is 0. The van der Waals surface area contributed by atoms with Crippen molar-refractivity contribution < 1.29 is 0 Å². The van der Waals surface area contributed by atoms with Crippen LogP contribution in [0.15, 0.2) is 36.4 Å². The lowest BCUT2D eigenvalue weighted by Crippen LogP contribution is -2.16. The predicted molar refractivity (Wildman–Crippen MR) is 59.7 cm³/mol. The van der Waals surface area contributed by atoms with Gasteiger partial charge in [0.25, 0.3) is 0 Å². The Kier molecular flexibility index (Phi) is 0.937. The van der Waals surface area contributed by atoms with Crippen LogP contribution >= 0.6 is 0 Å². The third-order valence-corrected chi connectivity index (χ3v) is 5.57. The number of allylic oxidation sites excluding steroid dienone is 2. The molecular weight excluding hydrogens is 180 g/mol. The second-order valence-corrected chi connectivity index (χ2v) is 5.87. The van der Waals surface area contributed by atoms with Gasteiger partial charge in [0.2, 0.25) is 0 Å². The van der Waals surface area contributed by atoms with Gasteiger partial charge in [-0.3, -0.25) is 0 Å². The van der Waals surface area contributed by atoms with Crippen molar-refractivity contribution in [3.8, 4) is 0 Å². The Morgan fingerprint density at radius 2 is 1.93 bits per heavy atom. The SMILES string of the molecule is C1=CC2CC1C1c3ccccc3C3CC231. The lowest BCUT2D eigenvalue weighted by atomic mass is 9.79. The summed E-state index contributed by atoms with van der Waals surface area (Å²) in [6.45, 7) is 0. The molecule has 1 aromatic carbocycles. The van der Waals surface area contributed by atoms with E-state index in [0.717, 1.165) is 23.7 Å². The van der Waals surface area contributed by atoms with Crippen molar-refractivity contribution in [3.63, 3.8) is 0 Å². The Hall–Kier alpha value is -1.04. The monoisotopic (exact) mass is 194 g/mol. The average molecular weight is 194 g/mol. The molecule has 5 atom stereocenters. The number of hydrogen-bond donors (Lipinski definition) is 0. The molecule has 2 bridgehead atoms. The van der Waals surface area contributed by atoms with Crippen LogP contribution in [0.5, 0.6) is 0 Å². The number of fused-ring (bicyclic) bond motifs is 6. The third-order valence-electron chi connectivity index (χ3n) is 5.57. The average Bonchev–Trinajstić information content (AvgIpc) is 2.66. The predicted octanol–water partition coefficient (Wildman–Crippen LogP) is 3.46. The number of benzene rings is 1. The minimum atomic E-state index is 0.711. The van der Waals surface area contributed by atoms with Crippen LogP contribution in [0.1, 0.15) is 35.8 Å². The van der Waals surface area contributed by atoms with Crippen LogP contribution in [0, 0.1) is 17.3 Å². The second kappa shape index (κ2) is 1.93. The van der Waals surface area contributed by atoms with Gasteiger partial charge in [-0.05, 0) is 53.1 Å². The Bertz CT molecular complexity index is 499. The standard InChI is InChI=1S/C15H14/c1-2-4-12-11(3-1)13-8-15(13)10-6-5-9(7-10)14(12)15/h1-6,9-10,13-14H,7-8H2. The number of hydrogen-bond acceptors (Lipinski definition) is 0. The van der Waals surface area contributed by atoms with E-state index in [4.69, 9.17) is 0 Å². The van der Waals surface area contributed by atoms with Crippen LogP contribution in [-0.2, 0) is 0 Å². The fourth-order valence-corrected chi connectivity index (χ4v) is 5.08. The van der Waals surface area contributed by atoms with Crippen molar-refractivity contribution in [1.29, 1.82) is 0 Å². The highest BCUT2D eigenvalue weighted by Crippen LogP contribution is 2.83. The second-order valence-electron chi connectivity index (χ2n) is 5.87. The van der Waals surface area contributed by atoms with Crippen molar-refractivity contribution in [3.05, 3.63) is 47.5 Å². The zero-order valence-corrected chi connectivity index (χ0v) is 8.69. The van der Waals surface area contributed by atoms with Gasteiger partial charge in [-0.15, -0.1) is 0 Å². The molecule has 0 saturated heterocycles. The van der Waals surface area contributed by atoms with E-state index >= 15 is 0 Å². The van der Waals surface area contributed by atoms with Gasteiger partial charge in [0.15, 0.2) is 0 Å². The van der Waals surface area contributed by atoms with E-state index in [9.17, 15) is 0 Å². The molecule has 2 fully saturated rings. The Labute approximate surface area is 90.0 Å². The molecule has 0 aromatic heterocycles. The number of rotatable bonds is 0.